The van der Waals surface area contributed by atoms with E-state index in [1.165, 1.54) is 16.0 Å². The Morgan fingerprint density at radius 1 is 1.23 bits per heavy atom. The molecule has 1 fully saturated rings. The molecule has 1 aliphatic rings. The van der Waals surface area contributed by atoms with E-state index in [1.54, 1.807) is 11.3 Å². The number of benzene rings is 1. The maximum absolute atomic E-state index is 11.4. The zero-order chi connectivity index (χ0) is 15.5. The molecule has 0 atom stereocenters. The summed E-state index contributed by atoms with van der Waals surface area (Å²) in [6, 6.07) is 8.73. The Bertz CT molecular complexity index is 639. The van der Waals surface area contributed by atoms with Crippen LogP contribution in [0.2, 0.25) is 0 Å². The minimum absolute atomic E-state index is 0.561. The van der Waals surface area contributed by atoms with Crippen LogP contribution in [0.5, 0.6) is 0 Å². The monoisotopic (exact) mass is 334 g/mol. The van der Waals surface area contributed by atoms with E-state index in [4.69, 9.17) is 0 Å². The Morgan fingerprint density at radius 2 is 1.91 bits per heavy atom. The summed E-state index contributed by atoms with van der Waals surface area (Å²) in [5.41, 5.74) is 2.56. The molecule has 2 heterocycles. The fourth-order valence-electron chi connectivity index (χ4n) is 2.58. The second-order valence-electron chi connectivity index (χ2n) is 6.03. The summed E-state index contributed by atoms with van der Waals surface area (Å²) in [7, 11) is -0.604. The van der Waals surface area contributed by atoms with Gasteiger partial charge >= 0.3 is 0 Å². The molecule has 1 aromatic carbocycles. The number of aromatic nitrogens is 1. The van der Waals surface area contributed by atoms with Crippen molar-refractivity contribution in [3.8, 4) is 10.6 Å². The van der Waals surface area contributed by atoms with Gasteiger partial charge in [-0.25, -0.2) is 4.98 Å². The zero-order valence-corrected chi connectivity index (χ0v) is 14.8. The van der Waals surface area contributed by atoms with Gasteiger partial charge in [-0.1, -0.05) is 38.1 Å². The van der Waals surface area contributed by atoms with Crippen molar-refractivity contribution >= 4 is 22.1 Å². The molecule has 118 valence electrons. The van der Waals surface area contributed by atoms with Crippen LogP contribution in [0.4, 0.5) is 0 Å². The molecule has 0 aliphatic carbocycles. The molecule has 0 N–H and O–H groups in total. The highest BCUT2D eigenvalue weighted by molar-refractivity contribution is 7.85. The molecular weight excluding hydrogens is 312 g/mol. The van der Waals surface area contributed by atoms with Gasteiger partial charge in [0.05, 0.1) is 0 Å². The van der Waals surface area contributed by atoms with E-state index in [1.807, 2.05) is 6.20 Å². The maximum Gasteiger partial charge on any atom is 0.123 e. The predicted octanol–water partition coefficient (Wildman–Crippen LogP) is 3.50. The lowest BCUT2D eigenvalue weighted by atomic mass is 10.0. The minimum atomic E-state index is -0.604. The Hall–Kier alpha value is -1.04. The molecule has 0 unspecified atom stereocenters. The number of hydrogen-bond acceptors (Lipinski definition) is 4. The lowest BCUT2D eigenvalue weighted by Crippen LogP contribution is -2.36. The number of hydrogen-bond donors (Lipinski definition) is 0. The molecule has 0 spiro atoms. The van der Waals surface area contributed by atoms with E-state index in [0.717, 1.165) is 36.1 Å². The van der Waals surface area contributed by atoms with Crippen LogP contribution >= 0.6 is 11.3 Å². The molecule has 2 aromatic rings. The Labute approximate surface area is 138 Å². The van der Waals surface area contributed by atoms with Crippen LogP contribution in [0.1, 0.15) is 30.2 Å². The first-order chi connectivity index (χ1) is 10.6. The van der Waals surface area contributed by atoms with Crippen molar-refractivity contribution in [1.29, 1.82) is 0 Å². The molecule has 5 heteroatoms. The first-order valence-corrected chi connectivity index (χ1v) is 10.0. The van der Waals surface area contributed by atoms with Crippen LogP contribution in [-0.2, 0) is 17.3 Å². The first kappa shape index (κ1) is 15.8. The molecular formula is C17H22N2OS2. The highest BCUT2D eigenvalue weighted by atomic mass is 32.2. The van der Waals surface area contributed by atoms with Crippen LogP contribution in [0, 0.1) is 0 Å². The fourth-order valence-corrected chi connectivity index (χ4v) is 4.67. The summed E-state index contributed by atoms with van der Waals surface area (Å²) < 4.78 is 11.4. The molecule has 3 rings (SSSR count). The van der Waals surface area contributed by atoms with E-state index in [-0.39, 0.29) is 0 Å². The summed E-state index contributed by atoms with van der Waals surface area (Å²) >= 11 is 1.77. The SMILES string of the molecule is CC(C)c1ccc(-c2ncc(CN3CCS(=O)CC3)s2)cc1. The Morgan fingerprint density at radius 3 is 2.55 bits per heavy atom. The van der Waals surface area contributed by atoms with E-state index in [2.05, 4.69) is 48.0 Å². The average Bonchev–Trinajstić information content (AvgIpc) is 2.98. The van der Waals surface area contributed by atoms with Crippen molar-refractivity contribution < 1.29 is 4.21 Å². The summed E-state index contributed by atoms with van der Waals surface area (Å²) in [6.07, 6.45) is 1.99. The standard InChI is InChI=1S/C17H22N2OS2/c1-13(2)14-3-5-15(6-4-14)17-18-11-16(21-17)12-19-7-9-22(20)10-8-19/h3-6,11,13H,7-10,12H2,1-2H3. The van der Waals surface area contributed by atoms with Gasteiger partial charge in [-0.15, -0.1) is 11.3 Å². The highest BCUT2D eigenvalue weighted by Crippen LogP contribution is 2.27. The van der Waals surface area contributed by atoms with E-state index >= 15 is 0 Å². The van der Waals surface area contributed by atoms with Gasteiger partial charge in [-0.05, 0) is 11.5 Å². The third kappa shape index (κ3) is 3.83. The van der Waals surface area contributed by atoms with Crippen molar-refractivity contribution in [1.82, 2.24) is 9.88 Å². The van der Waals surface area contributed by atoms with Gasteiger partial charge in [0, 0.05) is 58.6 Å². The summed E-state index contributed by atoms with van der Waals surface area (Å²) in [6.45, 7) is 7.22. The minimum Gasteiger partial charge on any atom is -0.296 e. The lowest BCUT2D eigenvalue weighted by Gasteiger charge is -2.25. The second-order valence-corrected chi connectivity index (χ2v) is 8.84. The van der Waals surface area contributed by atoms with Gasteiger partial charge in [0.1, 0.15) is 5.01 Å². The van der Waals surface area contributed by atoms with Crippen molar-refractivity contribution in [2.75, 3.05) is 24.6 Å². The van der Waals surface area contributed by atoms with Crippen LogP contribution in [0.3, 0.4) is 0 Å². The topological polar surface area (TPSA) is 33.2 Å². The van der Waals surface area contributed by atoms with Gasteiger partial charge in [-0.2, -0.15) is 0 Å². The molecule has 1 saturated heterocycles. The number of thiazole rings is 1. The van der Waals surface area contributed by atoms with E-state index < -0.39 is 10.8 Å². The van der Waals surface area contributed by atoms with Gasteiger partial charge in [0.15, 0.2) is 0 Å². The average molecular weight is 335 g/mol. The highest BCUT2D eigenvalue weighted by Gasteiger charge is 2.16. The van der Waals surface area contributed by atoms with E-state index in [9.17, 15) is 4.21 Å². The van der Waals surface area contributed by atoms with Crippen molar-refractivity contribution in [3.05, 3.63) is 40.9 Å². The Kier molecular flexibility index (Phi) is 5.06. The van der Waals surface area contributed by atoms with Crippen LogP contribution < -0.4 is 0 Å². The van der Waals surface area contributed by atoms with Crippen molar-refractivity contribution in [2.24, 2.45) is 0 Å². The fraction of sp³-hybridized carbons (Fsp3) is 0.471. The lowest BCUT2D eigenvalue weighted by molar-refractivity contribution is 0.294. The normalized spacial score (nSPS) is 17.2. The molecule has 0 bridgehead atoms. The van der Waals surface area contributed by atoms with Crippen molar-refractivity contribution in [3.63, 3.8) is 0 Å². The maximum atomic E-state index is 11.4. The Balaban J connectivity index is 1.66. The molecule has 3 nitrogen and oxygen atoms in total. The predicted molar refractivity (Wildman–Crippen MR) is 94.8 cm³/mol. The van der Waals surface area contributed by atoms with Crippen molar-refractivity contribution in [2.45, 2.75) is 26.3 Å². The molecule has 1 aliphatic heterocycles. The third-order valence-corrected chi connectivity index (χ3v) is 6.33. The molecule has 1 aromatic heterocycles. The first-order valence-electron chi connectivity index (χ1n) is 7.74. The zero-order valence-electron chi connectivity index (χ0n) is 13.1. The summed E-state index contributed by atoms with van der Waals surface area (Å²) in [5, 5.41) is 1.09. The third-order valence-electron chi connectivity index (χ3n) is 4.03. The van der Waals surface area contributed by atoms with Crippen LogP contribution in [0.15, 0.2) is 30.5 Å². The number of nitrogens with zero attached hydrogens (tertiary/aromatic N) is 2. The van der Waals surface area contributed by atoms with Gasteiger partial charge in [0.2, 0.25) is 0 Å². The van der Waals surface area contributed by atoms with E-state index in [0.29, 0.717) is 5.92 Å². The number of rotatable bonds is 4. The second kappa shape index (κ2) is 7.02. The molecule has 0 radical (unpaired) electrons. The largest absolute Gasteiger partial charge is 0.296 e. The quantitative estimate of drug-likeness (QED) is 0.858. The van der Waals surface area contributed by atoms with Gasteiger partial charge in [-0.3, -0.25) is 9.11 Å². The smallest absolute Gasteiger partial charge is 0.123 e. The molecule has 0 amide bonds. The summed E-state index contributed by atoms with van der Waals surface area (Å²) in [5.74, 6) is 2.18. The molecule has 22 heavy (non-hydrogen) atoms. The van der Waals surface area contributed by atoms with Gasteiger partial charge in [0.25, 0.3) is 0 Å². The van der Waals surface area contributed by atoms with Crippen LogP contribution in [0.25, 0.3) is 10.6 Å². The van der Waals surface area contributed by atoms with Crippen LogP contribution in [-0.4, -0.2) is 38.7 Å². The van der Waals surface area contributed by atoms with Gasteiger partial charge < -0.3 is 0 Å². The molecule has 0 saturated carbocycles. The summed E-state index contributed by atoms with van der Waals surface area (Å²) in [4.78, 5) is 8.24.